The van der Waals surface area contributed by atoms with Crippen molar-refractivity contribution in [1.29, 1.82) is 0 Å². The van der Waals surface area contributed by atoms with Crippen LogP contribution in [0.4, 0.5) is 0 Å². The summed E-state index contributed by atoms with van der Waals surface area (Å²) in [6, 6.07) is 14.7. The van der Waals surface area contributed by atoms with E-state index in [9.17, 15) is 9.59 Å². The fraction of sp³-hybridized carbons (Fsp3) is 0.333. The quantitative estimate of drug-likeness (QED) is 0.806. The molecule has 1 amide bonds. The van der Waals surface area contributed by atoms with E-state index in [0.29, 0.717) is 11.3 Å². The average molecular weight is 355 g/mol. The lowest BCUT2D eigenvalue weighted by molar-refractivity contribution is -0.143. The molecule has 138 valence electrons. The normalized spacial score (nSPS) is 10.9. The summed E-state index contributed by atoms with van der Waals surface area (Å²) in [4.78, 5) is 24.0. The molecule has 0 atom stereocenters. The van der Waals surface area contributed by atoms with Crippen LogP contribution >= 0.6 is 0 Å². The average Bonchev–Trinajstić information content (AvgIpc) is 2.64. The van der Waals surface area contributed by atoms with Gasteiger partial charge in [0.1, 0.15) is 18.9 Å². The fourth-order valence-electron chi connectivity index (χ4n) is 2.41. The van der Waals surface area contributed by atoms with Gasteiger partial charge < -0.3 is 14.8 Å². The molecule has 5 heteroatoms. The molecule has 2 aromatic rings. The van der Waals surface area contributed by atoms with Crippen molar-refractivity contribution in [2.45, 2.75) is 32.8 Å². The third kappa shape index (κ3) is 5.34. The third-order valence-electron chi connectivity index (χ3n) is 3.99. The van der Waals surface area contributed by atoms with Gasteiger partial charge in [-0.2, -0.15) is 0 Å². The van der Waals surface area contributed by atoms with Gasteiger partial charge in [0.25, 0.3) is 5.91 Å². The van der Waals surface area contributed by atoms with Crippen LogP contribution in [0.15, 0.2) is 48.5 Å². The molecule has 0 saturated heterocycles. The van der Waals surface area contributed by atoms with E-state index in [1.54, 1.807) is 25.3 Å². The first-order valence-electron chi connectivity index (χ1n) is 8.47. The summed E-state index contributed by atoms with van der Waals surface area (Å²) in [6.45, 7) is 6.24. The predicted molar refractivity (Wildman–Crippen MR) is 100 cm³/mol. The molecule has 0 bridgehead atoms. The summed E-state index contributed by atoms with van der Waals surface area (Å²) in [7, 11) is 1.56. The molecular formula is C21H25NO4. The molecule has 0 saturated carbocycles. The molecule has 2 rings (SSSR count). The largest absolute Gasteiger partial charge is 0.496 e. The summed E-state index contributed by atoms with van der Waals surface area (Å²) >= 11 is 0. The Labute approximate surface area is 154 Å². The molecule has 26 heavy (non-hydrogen) atoms. The minimum Gasteiger partial charge on any atom is -0.496 e. The van der Waals surface area contributed by atoms with Crippen molar-refractivity contribution in [2.75, 3.05) is 13.7 Å². The van der Waals surface area contributed by atoms with Gasteiger partial charge in [0.15, 0.2) is 0 Å². The number of carbonyl (C=O) groups excluding carboxylic acids is 2. The first kappa shape index (κ1) is 19.5. The Morgan fingerprint density at radius 1 is 1.00 bits per heavy atom. The van der Waals surface area contributed by atoms with E-state index >= 15 is 0 Å². The van der Waals surface area contributed by atoms with Crippen molar-refractivity contribution in [1.82, 2.24) is 5.32 Å². The van der Waals surface area contributed by atoms with E-state index < -0.39 is 5.97 Å². The predicted octanol–water partition coefficient (Wildman–Crippen LogP) is 3.47. The summed E-state index contributed by atoms with van der Waals surface area (Å²) in [5.41, 5.74) is 2.45. The SMILES string of the molecule is COc1ccccc1COC(=O)CNC(=O)c1ccc(C(C)(C)C)cc1. The number of methoxy groups -OCH3 is 1. The van der Waals surface area contributed by atoms with E-state index in [-0.39, 0.29) is 24.5 Å². The number of hydrogen-bond donors (Lipinski definition) is 1. The van der Waals surface area contributed by atoms with Crippen molar-refractivity contribution in [3.63, 3.8) is 0 Å². The highest BCUT2D eigenvalue weighted by molar-refractivity contribution is 5.95. The zero-order chi connectivity index (χ0) is 19.2. The molecule has 0 aromatic heterocycles. The maximum Gasteiger partial charge on any atom is 0.325 e. The Balaban J connectivity index is 1.84. The number of hydrogen-bond acceptors (Lipinski definition) is 4. The highest BCUT2D eigenvalue weighted by atomic mass is 16.5. The lowest BCUT2D eigenvalue weighted by Crippen LogP contribution is -2.30. The minimum atomic E-state index is -0.504. The highest BCUT2D eigenvalue weighted by Crippen LogP contribution is 2.22. The third-order valence-corrected chi connectivity index (χ3v) is 3.99. The lowest BCUT2D eigenvalue weighted by atomic mass is 9.87. The fourth-order valence-corrected chi connectivity index (χ4v) is 2.41. The standard InChI is InChI=1S/C21H25NO4/c1-21(2,3)17-11-9-15(10-12-17)20(24)22-13-19(23)26-14-16-7-5-6-8-18(16)25-4/h5-12H,13-14H2,1-4H3,(H,22,24). The molecule has 0 radical (unpaired) electrons. The Morgan fingerprint density at radius 2 is 1.65 bits per heavy atom. The number of para-hydroxylation sites is 1. The van der Waals surface area contributed by atoms with Crippen LogP contribution in [-0.4, -0.2) is 25.5 Å². The van der Waals surface area contributed by atoms with Gasteiger partial charge in [0.2, 0.25) is 0 Å². The minimum absolute atomic E-state index is 0.0251. The van der Waals surface area contributed by atoms with Gasteiger partial charge in [-0.3, -0.25) is 9.59 Å². The van der Waals surface area contributed by atoms with Crippen molar-refractivity contribution >= 4 is 11.9 Å². The van der Waals surface area contributed by atoms with Crippen molar-refractivity contribution in [3.8, 4) is 5.75 Å². The van der Waals surface area contributed by atoms with Gasteiger partial charge in [0, 0.05) is 11.1 Å². The van der Waals surface area contributed by atoms with Crippen LogP contribution < -0.4 is 10.1 Å². The molecule has 1 N–H and O–H groups in total. The maximum atomic E-state index is 12.1. The Morgan fingerprint density at radius 3 is 2.27 bits per heavy atom. The number of carbonyl (C=O) groups is 2. The number of benzene rings is 2. The summed E-state index contributed by atoms with van der Waals surface area (Å²) in [6.07, 6.45) is 0. The van der Waals surface area contributed by atoms with Gasteiger partial charge in [-0.05, 0) is 29.2 Å². The van der Waals surface area contributed by atoms with Crippen molar-refractivity contribution in [2.24, 2.45) is 0 Å². The van der Waals surface area contributed by atoms with E-state index in [1.165, 1.54) is 0 Å². The summed E-state index contributed by atoms with van der Waals surface area (Å²) in [5, 5.41) is 2.58. The van der Waals surface area contributed by atoms with Crippen LogP contribution in [0.1, 0.15) is 42.3 Å². The van der Waals surface area contributed by atoms with Gasteiger partial charge >= 0.3 is 5.97 Å². The molecule has 0 unspecified atom stereocenters. The monoisotopic (exact) mass is 355 g/mol. The topological polar surface area (TPSA) is 64.6 Å². The van der Waals surface area contributed by atoms with Gasteiger partial charge in [0.05, 0.1) is 7.11 Å². The molecule has 0 spiro atoms. The van der Waals surface area contributed by atoms with E-state index in [0.717, 1.165) is 11.1 Å². The maximum absolute atomic E-state index is 12.1. The van der Waals surface area contributed by atoms with Crippen LogP contribution in [0.2, 0.25) is 0 Å². The molecule has 0 aliphatic carbocycles. The lowest BCUT2D eigenvalue weighted by Gasteiger charge is -2.19. The van der Waals surface area contributed by atoms with E-state index in [2.05, 4.69) is 26.1 Å². The van der Waals surface area contributed by atoms with Gasteiger partial charge in [-0.15, -0.1) is 0 Å². The zero-order valence-electron chi connectivity index (χ0n) is 15.7. The highest BCUT2D eigenvalue weighted by Gasteiger charge is 2.15. The van der Waals surface area contributed by atoms with Gasteiger partial charge in [-0.1, -0.05) is 51.1 Å². The molecule has 0 aliphatic rings. The van der Waals surface area contributed by atoms with Crippen LogP contribution in [0, 0.1) is 0 Å². The summed E-state index contributed by atoms with van der Waals surface area (Å²) in [5.74, 6) is -0.154. The number of nitrogens with one attached hydrogen (secondary N) is 1. The second kappa shape index (κ2) is 8.52. The molecule has 2 aromatic carbocycles. The number of rotatable bonds is 6. The second-order valence-electron chi connectivity index (χ2n) is 6.98. The van der Waals surface area contributed by atoms with Crippen LogP contribution in [0.5, 0.6) is 5.75 Å². The number of esters is 1. The molecule has 5 nitrogen and oxygen atoms in total. The Bertz CT molecular complexity index is 760. The summed E-state index contributed by atoms with van der Waals surface area (Å²) < 4.78 is 10.4. The van der Waals surface area contributed by atoms with Crippen molar-refractivity contribution in [3.05, 3.63) is 65.2 Å². The van der Waals surface area contributed by atoms with Crippen LogP contribution in [0.25, 0.3) is 0 Å². The Kier molecular flexibility index (Phi) is 6.39. The van der Waals surface area contributed by atoms with E-state index in [4.69, 9.17) is 9.47 Å². The Hall–Kier alpha value is -2.82. The number of amides is 1. The van der Waals surface area contributed by atoms with Crippen LogP contribution in [0.3, 0.4) is 0 Å². The van der Waals surface area contributed by atoms with E-state index in [1.807, 2.05) is 30.3 Å². The second-order valence-corrected chi connectivity index (χ2v) is 6.98. The molecule has 0 fully saturated rings. The first-order valence-corrected chi connectivity index (χ1v) is 8.47. The molecule has 0 aliphatic heterocycles. The number of ether oxygens (including phenoxy) is 2. The zero-order valence-corrected chi connectivity index (χ0v) is 15.7. The molecular weight excluding hydrogens is 330 g/mol. The van der Waals surface area contributed by atoms with Crippen LogP contribution in [-0.2, 0) is 21.6 Å². The van der Waals surface area contributed by atoms with Gasteiger partial charge in [-0.25, -0.2) is 0 Å². The molecule has 0 heterocycles. The smallest absolute Gasteiger partial charge is 0.325 e. The van der Waals surface area contributed by atoms with Crippen molar-refractivity contribution < 1.29 is 19.1 Å². The first-order chi connectivity index (χ1) is 12.3.